The summed E-state index contributed by atoms with van der Waals surface area (Å²) in [7, 11) is 1.65. The molecular formula is C7H7NOV. The molecule has 51 valence electrons. The Labute approximate surface area is 69.0 Å². The Morgan fingerprint density at radius 1 is 1.30 bits per heavy atom. The van der Waals surface area contributed by atoms with E-state index in [0.717, 1.165) is 11.4 Å². The normalized spacial score (nSPS) is 8.80. The van der Waals surface area contributed by atoms with Gasteiger partial charge in [-0.3, -0.25) is 0 Å². The maximum absolute atomic E-state index is 4.97. The average Bonchev–Trinajstić information content (AvgIpc) is 2.05. The molecule has 0 unspecified atom stereocenters. The third kappa shape index (κ3) is 1.69. The summed E-state index contributed by atoms with van der Waals surface area (Å²) in [6.45, 7) is 0. The van der Waals surface area contributed by atoms with E-state index >= 15 is 0 Å². The van der Waals surface area contributed by atoms with Gasteiger partial charge in [-0.05, 0) is 0 Å². The van der Waals surface area contributed by atoms with Crippen molar-refractivity contribution in [3.05, 3.63) is 24.3 Å². The molecule has 0 N–H and O–H groups in total. The Kier molecular flexibility index (Phi) is 2.66. The van der Waals surface area contributed by atoms with Crippen molar-refractivity contribution in [2.45, 2.75) is 0 Å². The number of nitrogens with zero attached hydrogens (tertiary/aromatic N) is 1. The number of rotatable bonds is 2. The quantitative estimate of drug-likeness (QED) is 0.668. The molecule has 0 aliphatic heterocycles. The molecule has 0 saturated heterocycles. The van der Waals surface area contributed by atoms with Crippen LogP contribution in [0.5, 0.6) is 5.75 Å². The summed E-state index contributed by atoms with van der Waals surface area (Å²) >= 11 is 2.17. The minimum absolute atomic E-state index is 0.861. The summed E-state index contributed by atoms with van der Waals surface area (Å²) in [5.41, 5.74) is 0.945. The second-order valence-corrected chi connectivity index (χ2v) is 2.11. The summed E-state index contributed by atoms with van der Waals surface area (Å²) in [6.07, 6.45) is 0. The summed E-state index contributed by atoms with van der Waals surface area (Å²) in [5, 5.41) is 0. The zero-order chi connectivity index (χ0) is 7.40. The van der Waals surface area contributed by atoms with Gasteiger partial charge in [0.15, 0.2) is 0 Å². The average molecular weight is 172 g/mol. The third-order valence-electron chi connectivity index (χ3n) is 1.19. The van der Waals surface area contributed by atoms with E-state index in [2.05, 4.69) is 21.0 Å². The minimum atomic E-state index is 0.861. The van der Waals surface area contributed by atoms with Crippen LogP contribution in [-0.2, 0) is 17.2 Å². The van der Waals surface area contributed by atoms with E-state index in [4.69, 9.17) is 4.74 Å². The number of hydrogen-bond acceptors (Lipinski definition) is 2. The van der Waals surface area contributed by atoms with Crippen molar-refractivity contribution in [1.82, 2.24) is 0 Å². The Morgan fingerprint density at radius 2 is 1.90 bits per heavy atom. The van der Waals surface area contributed by atoms with Gasteiger partial charge in [0.1, 0.15) is 0 Å². The summed E-state index contributed by atoms with van der Waals surface area (Å²) in [6, 6.07) is 7.56. The van der Waals surface area contributed by atoms with Crippen LogP contribution in [-0.4, -0.2) is 7.11 Å². The van der Waals surface area contributed by atoms with Gasteiger partial charge in [-0.25, -0.2) is 0 Å². The van der Waals surface area contributed by atoms with Gasteiger partial charge in [-0.1, -0.05) is 0 Å². The first-order chi connectivity index (χ1) is 4.86. The van der Waals surface area contributed by atoms with Crippen molar-refractivity contribution in [2.24, 2.45) is 3.79 Å². The second kappa shape index (κ2) is 3.54. The van der Waals surface area contributed by atoms with Gasteiger partial charge in [0, 0.05) is 0 Å². The van der Waals surface area contributed by atoms with Crippen LogP contribution in [0.3, 0.4) is 0 Å². The zero-order valence-electron chi connectivity index (χ0n) is 5.61. The van der Waals surface area contributed by atoms with E-state index in [0.29, 0.717) is 0 Å². The molecule has 0 aliphatic rings. The Morgan fingerprint density at radius 3 is 2.30 bits per heavy atom. The topological polar surface area (TPSA) is 21.6 Å². The molecule has 1 aromatic carbocycles. The molecule has 0 heterocycles. The second-order valence-electron chi connectivity index (χ2n) is 1.80. The SMILES string of the molecule is COc1ccc([N]=[V])cc1. The molecular weight excluding hydrogens is 165 g/mol. The van der Waals surface area contributed by atoms with E-state index in [1.807, 2.05) is 24.3 Å². The van der Waals surface area contributed by atoms with Crippen LogP contribution in [0.2, 0.25) is 0 Å². The van der Waals surface area contributed by atoms with E-state index in [-0.39, 0.29) is 0 Å². The Bertz CT molecular complexity index is 220. The number of ether oxygens (including phenoxy) is 1. The molecule has 0 atom stereocenters. The first-order valence-electron chi connectivity index (χ1n) is 2.86. The Balaban J connectivity index is 2.90. The molecule has 0 radical (unpaired) electrons. The van der Waals surface area contributed by atoms with Crippen molar-refractivity contribution in [3.8, 4) is 5.75 Å². The van der Waals surface area contributed by atoms with E-state index < -0.39 is 0 Å². The molecule has 3 heteroatoms. The van der Waals surface area contributed by atoms with Gasteiger partial charge in [0.25, 0.3) is 0 Å². The predicted molar refractivity (Wildman–Crippen MR) is 35.1 cm³/mol. The Hall–Kier alpha value is -0.596. The summed E-state index contributed by atoms with van der Waals surface area (Å²) in [5.74, 6) is 0.861. The molecule has 10 heavy (non-hydrogen) atoms. The van der Waals surface area contributed by atoms with Crippen LogP contribution in [0.15, 0.2) is 28.1 Å². The van der Waals surface area contributed by atoms with E-state index in [1.54, 1.807) is 7.11 Å². The first-order valence-corrected chi connectivity index (χ1v) is 3.48. The molecule has 1 aromatic rings. The number of hydrogen-bond donors (Lipinski definition) is 0. The first kappa shape index (κ1) is 7.51. The van der Waals surface area contributed by atoms with Crippen molar-refractivity contribution in [2.75, 3.05) is 7.11 Å². The maximum atomic E-state index is 4.97. The molecule has 0 amide bonds. The number of benzene rings is 1. The monoisotopic (exact) mass is 172 g/mol. The molecule has 1 rings (SSSR count). The summed E-state index contributed by atoms with van der Waals surface area (Å²) < 4.78 is 8.89. The van der Waals surface area contributed by atoms with Crippen LogP contribution < -0.4 is 4.74 Å². The predicted octanol–water partition coefficient (Wildman–Crippen LogP) is 2.06. The molecule has 0 spiro atoms. The van der Waals surface area contributed by atoms with Crippen LogP contribution in [0.4, 0.5) is 5.69 Å². The van der Waals surface area contributed by atoms with Gasteiger partial charge < -0.3 is 0 Å². The molecule has 0 bridgehead atoms. The van der Waals surface area contributed by atoms with Gasteiger partial charge in [0.05, 0.1) is 0 Å². The van der Waals surface area contributed by atoms with Crippen LogP contribution in [0.25, 0.3) is 0 Å². The van der Waals surface area contributed by atoms with Gasteiger partial charge >= 0.3 is 68.6 Å². The fourth-order valence-electron chi connectivity index (χ4n) is 0.649. The van der Waals surface area contributed by atoms with E-state index in [9.17, 15) is 0 Å². The molecule has 0 fully saturated rings. The van der Waals surface area contributed by atoms with Crippen molar-refractivity contribution in [1.29, 1.82) is 0 Å². The zero-order valence-corrected chi connectivity index (χ0v) is 7.01. The number of methoxy groups -OCH3 is 1. The van der Waals surface area contributed by atoms with Crippen molar-refractivity contribution < 1.29 is 22.0 Å². The third-order valence-corrected chi connectivity index (χ3v) is 1.55. The molecule has 0 aromatic heterocycles. The summed E-state index contributed by atoms with van der Waals surface area (Å²) in [4.78, 5) is 0. The molecule has 2 nitrogen and oxygen atoms in total. The molecule has 0 saturated carbocycles. The van der Waals surface area contributed by atoms with Gasteiger partial charge in [-0.15, -0.1) is 0 Å². The van der Waals surface area contributed by atoms with Crippen LogP contribution in [0.1, 0.15) is 0 Å². The van der Waals surface area contributed by atoms with Gasteiger partial charge in [0.2, 0.25) is 0 Å². The fraction of sp³-hybridized carbons (Fsp3) is 0.143. The van der Waals surface area contributed by atoms with Crippen molar-refractivity contribution >= 4 is 5.69 Å². The van der Waals surface area contributed by atoms with Crippen molar-refractivity contribution in [3.63, 3.8) is 0 Å². The fourth-order valence-corrected chi connectivity index (χ4v) is 0.857. The van der Waals surface area contributed by atoms with Gasteiger partial charge in [-0.2, -0.15) is 0 Å². The standard InChI is InChI=1S/C7H7NO.V/c1-9-7-4-2-6(8)3-5-7;/h2-5H,1H3;. The van der Waals surface area contributed by atoms with E-state index in [1.165, 1.54) is 0 Å². The molecule has 0 aliphatic carbocycles. The van der Waals surface area contributed by atoms with Crippen LogP contribution >= 0.6 is 0 Å². The van der Waals surface area contributed by atoms with Crippen LogP contribution in [0, 0.1) is 0 Å².